The summed E-state index contributed by atoms with van der Waals surface area (Å²) in [6, 6.07) is 3.13. The smallest absolute Gasteiger partial charge is 0.410 e. The van der Waals surface area contributed by atoms with Gasteiger partial charge >= 0.3 is 6.09 Å². The Labute approximate surface area is 140 Å². The number of piperazine rings is 1. The topological polar surface area (TPSA) is 49.9 Å². The summed E-state index contributed by atoms with van der Waals surface area (Å²) >= 11 is 0. The molecule has 1 amide bonds. The maximum absolute atomic E-state index is 13.2. The first-order chi connectivity index (χ1) is 11.2. The van der Waals surface area contributed by atoms with Crippen LogP contribution in [-0.2, 0) is 4.74 Å². The van der Waals surface area contributed by atoms with E-state index in [0.717, 1.165) is 12.1 Å². The number of Topliss-reactive ketones (excluding diaryl/α,β-unsaturated/α-hetero) is 1. The summed E-state index contributed by atoms with van der Waals surface area (Å²) in [5.74, 6) is -2.28. The van der Waals surface area contributed by atoms with Crippen molar-refractivity contribution in [2.24, 2.45) is 0 Å². The zero-order valence-corrected chi connectivity index (χ0v) is 14.1. The van der Waals surface area contributed by atoms with E-state index in [4.69, 9.17) is 4.74 Å². The third-order valence-corrected chi connectivity index (χ3v) is 3.63. The highest BCUT2D eigenvalue weighted by molar-refractivity contribution is 5.97. The van der Waals surface area contributed by atoms with E-state index in [0.29, 0.717) is 26.2 Å². The molecule has 0 saturated carbocycles. The fourth-order valence-corrected chi connectivity index (χ4v) is 2.38. The van der Waals surface area contributed by atoms with E-state index in [9.17, 15) is 18.4 Å². The van der Waals surface area contributed by atoms with Gasteiger partial charge in [0.25, 0.3) is 0 Å². The van der Waals surface area contributed by atoms with Gasteiger partial charge in [0.1, 0.15) is 5.60 Å². The van der Waals surface area contributed by atoms with Gasteiger partial charge in [-0.3, -0.25) is 9.69 Å². The lowest BCUT2D eigenvalue weighted by atomic mass is 10.1. The van der Waals surface area contributed by atoms with Crippen LogP contribution in [-0.4, -0.2) is 60.0 Å². The Hall–Kier alpha value is -2.02. The van der Waals surface area contributed by atoms with Crippen LogP contribution >= 0.6 is 0 Å². The maximum atomic E-state index is 13.2. The lowest BCUT2D eigenvalue weighted by Gasteiger charge is -2.35. The number of carbonyl (C=O) groups is 2. The SMILES string of the molecule is CC(C)(C)OC(=O)N1CCN(CC(=O)c2ccc(F)c(F)c2)CC1. The van der Waals surface area contributed by atoms with Crippen LogP contribution in [0.3, 0.4) is 0 Å². The molecule has 1 saturated heterocycles. The third kappa shape index (κ3) is 4.99. The molecule has 2 rings (SSSR count). The van der Waals surface area contributed by atoms with Gasteiger partial charge in [0.05, 0.1) is 6.54 Å². The highest BCUT2D eigenvalue weighted by Crippen LogP contribution is 2.13. The van der Waals surface area contributed by atoms with Gasteiger partial charge in [0.15, 0.2) is 17.4 Å². The highest BCUT2D eigenvalue weighted by Gasteiger charge is 2.26. The quantitative estimate of drug-likeness (QED) is 0.794. The number of rotatable bonds is 3. The molecule has 24 heavy (non-hydrogen) atoms. The molecule has 0 unspecified atom stereocenters. The Kier molecular flexibility index (Phi) is 5.54. The summed E-state index contributed by atoms with van der Waals surface area (Å²) < 4.78 is 31.4. The first kappa shape index (κ1) is 18.3. The number of benzene rings is 1. The predicted octanol–water partition coefficient (Wildman–Crippen LogP) is 2.70. The Morgan fingerprint density at radius 1 is 1.08 bits per heavy atom. The van der Waals surface area contributed by atoms with E-state index in [1.807, 2.05) is 25.7 Å². The van der Waals surface area contributed by atoms with E-state index < -0.39 is 17.2 Å². The molecule has 7 heteroatoms. The molecule has 1 aliphatic heterocycles. The molecule has 0 aromatic heterocycles. The summed E-state index contributed by atoms with van der Waals surface area (Å²) in [7, 11) is 0. The third-order valence-electron chi connectivity index (χ3n) is 3.63. The van der Waals surface area contributed by atoms with Crippen LogP contribution in [0.25, 0.3) is 0 Å². The minimum Gasteiger partial charge on any atom is -0.444 e. The number of hydrogen-bond donors (Lipinski definition) is 0. The predicted molar refractivity (Wildman–Crippen MR) is 84.9 cm³/mol. The molecular weight excluding hydrogens is 318 g/mol. The van der Waals surface area contributed by atoms with E-state index >= 15 is 0 Å². The lowest BCUT2D eigenvalue weighted by Crippen LogP contribution is -2.51. The summed E-state index contributed by atoms with van der Waals surface area (Å²) in [4.78, 5) is 27.6. The molecule has 0 N–H and O–H groups in total. The largest absolute Gasteiger partial charge is 0.444 e. The molecule has 1 fully saturated rings. The molecule has 0 bridgehead atoms. The van der Waals surface area contributed by atoms with Crippen LogP contribution in [0, 0.1) is 11.6 Å². The summed E-state index contributed by atoms with van der Waals surface area (Å²) in [6.07, 6.45) is -0.367. The molecule has 0 spiro atoms. The Morgan fingerprint density at radius 3 is 2.25 bits per heavy atom. The molecule has 1 heterocycles. The second-order valence-electron chi connectivity index (χ2n) is 6.80. The number of halogens is 2. The van der Waals surface area contributed by atoms with Gasteiger partial charge < -0.3 is 9.64 Å². The molecule has 5 nitrogen and oxygen atoms in total. The van der Waals surface area contributed by atoms with Gasteiger partial charge in [-0.25, -0.2) is 13.6 Å². The van der Waals surface area contributed by atoms with Gasteiger partial charge in [-0.1, -0.05) is 0 Å². The molecule has 132 valence electrons. The van der Waals surface area contributed by atoms with Gasteiger partial charge in [0, 0.05) is 31.7 Å². The van der Waals surface area contributed by atoms with Crippen molar-refractivity contribution in [3.63, 3.8) is 0 Å². The zero-order valence-electron chi connectivity index (χ0n) is 14.1. The number of hydrogen-bond acceptors (Lipinski definition) is 4. The first-order valence-corrected chi connectivity index (χ1v) is 7.84. The molecule has 1 aromatic carbocycles. The molecule has 1 aliphatic rings. The number of ketones is 1. The molecule has 0 aliphatic carbocycles. The summed E-state index contributed by atoms with van der Waals surface area (Å²) in [5, 5.41) is 0. The Balaban J connectivity index is 1.85. The van der Waals surface area contributed by atoms with Crippen LogP contribution in [0.1, 0.15) is 31.1 Å². The second kappa shape index (κ2) is 7.25. The van der Waals surface area contributed by atoms with Crippen LogP contribution in [0.2, 0.25) is 0 Å². The van der Waals surface area contributed by atoms with Crippen molar-refractivity contribution in [2.45, 2.75) is 26.4 Å². The fourth-order valence-electron chi connectivity index (χ4n) is 2.38. The monoisotopic (exact) mass is 340 g/mol. The maximum Gasteiger partial charge on any atom is 0.410 e. The van der Waals surface area contributed by atoms with Crippen molar-refractivity contribution in [2.75, 3.05) is 32.7 Å². The number of amides is 1. The van der Waals surface area contributed by atoms with Crippen molar-refractivity contribution >= 4 is 11.9 Å². The highest BCUT2D eigenvalue weighted by atomic mass is 19.2. The molecular formula is C17H22F2N2O3. The van der Waals surface area contributed by atoms with E-state index in [2.05, 4.69) is 0 Å². The fraction of sp³-hybridized carbons (Fsp3) is 0.529. The standard InChI is InChI=1S/C17H22F2N2O3/c1-17(2,3)24-16(23)21-8-6-20(7-9-21)11-15(22)12-4-5-13(18)14(19)10-12/h4-5,10H,6-9,11H2,1-3H3. The number of carbonyl (C=O) groups excluding carboxylic acids is 2. The van der Waals surface area contributed by atoms with Gasteiger partial charge in [-0.05, 0) is 39.0 Å². The molecule has 0 atom stereocenters. The zero-order chi connectivity index (χ0) is 17.9. The minimum atomic E-state index is -1.03. The van der Waals surface area contributed by atoms with Crippen molar-refractivity contribution in [3.05, 3.63) is 35.4 Å². The average Bonchev–Trinajstić information content (AvgIpc) is 2.49. The van der Waals surface area contributed by atoms with Crippen molar-refractivity contribution < 1.29 is 23.1 Å². The van der Waals surface area contributed by atoms with E-state index in [1.54, 1.807) is 4.90 Å². The average molecular weight is 340 g/mol. The van der Waals surface area contributed by atoms with Crippen molar-refractivity contribution in [3.8, 4) is 0 Å². The summed E-state index contributed by atoms with van der Waals surface area (Å²) in [5.41, 5.74) is -0.403. The minimum absolute atomic E-state index is 0.104. The lowest BCUT2D eigenvalue weighted by molar-refractivity contribution is 0.0149. The van der Waals surface area contributed by atoms with Gasteiger partial charge in [-0.15, -0.1) is 0 Å². The Bertz CT molecular complexity index is 621. The molecule has 1 aromatic rings. The first-order valence-electron chi connectivity index (χ1n) is 7.84. The van der Waals surface area contributed by atoms with Crippen LogP contribution in [0.15, 0.2) is 18.2 Å². The van der Waals surface area contributed by atoms with Crippen LogP contribution in [0.5, 0.6) is 0 Å². The van der Waals surface area contributed by atoms with Gasteiger partial charge in [-0.2, -0.15) is 0 Å². The normalized spacial score (nSPS) is 16.1. The Morgan fingerprint density at radius 2 is 1.71 bits per heavy atom. The summed E-state index contributed by atoms with van der Waals surface area (Å²) in [6.45, 7) is 7.49. The van der Waals surface area contributed by atoms with E-state index in [1.165, 1.54) is 6.07 Å². The molecule has 0 radical (unpaired) electrons. The van der Waals surface area contributed by atoms with Gasteiger partial charge in [0.2, 0.25) is 0 Å². The number of nitrogens with zero attached hydrogens (tertiary/aromatic N) is 2. The van der Waals surface area contributed by atoms with Crippen molar-refractivity contribution in [1.82, 2.24) is 9.80 Å². The van der Waals surface area contributed by atoms with E-state index in [-0.39, 0.29) is 24.0 Å². The van der Waals surface area contributed by atoms with Crippen LogP contribution in [0.4, 0.5) is 13.6 Å². The van der Waals surface area contributed by atoms with Crippen LogP contribution < -0.4 is 0 Å². The van der Waals surface area contributed by atoms with Crippen molar-refractivity contribution in [1.29, 1.82) is 0 Å². The number of ether oxygens (including phenoxy) is 1. The second-order valence-corrected chi connectivity index (χ2v) is 6.80.